The summed E-state index contributed by atoms with van der Waals surface area (Å²) >= 11 is 0. The van der Waals surface area contributed by atoms with Gasteiger partial charge < -0.3 is 10.1 Å². The van der Waals surface area contributed by atoms with E-state index in [9.17, 15) is 4.79 Å². The van der Waals surface area contributed by atoms with Crippen LogP contribution in [-0.4, -0.2) is 25.7 Å². The molecule has 0 aliphatic carbocycles. The minimum Gasteiger partial charge on any atom is -0.465 e. The number of carbonyl (C=O) groups is 1. The number of esters is 1. The Balaban J connectivity index is 2.54. The van der Waals surface area contributed by atoms with Crippen LogP contribution >= 0.6 is 0 Å². The van der Waals surface area contributed by atoms with Crippen LogP contribution < -0.4 is 5.32 Å². The second-order valence-electron chi connectivity index (χ2n) is 6.85. The van der Waals surface area contributed by atoms with Crippen LogP contribution in [0.5, 0.6) is 0 Å². The van der Waals surface area contributed by atoms with E-state index in [0.717, 1.165) is 25.9 Å². The molecule has 0 amide bonds. The number of ether oxygens (including phenoxy) is 1. The molecule has 1 fully saturated rings. The van der Waals surface area contributed by atoms with Crippen LogP contribution in [0.25, 0.3) is 0 Å². The fourth-order valence-electron chi connectivity index (χ4n) is 2.45. The van der Waals surface area contributed by atoms with E-state index in [1.54, 1.807) is 0 Å². The molecule has 100 valence electrons. The van der Waals surface area contributed by atoms with E-state index in [4.69, 9.17) is 4.74 Å². The van der Waals surface area contributed by atoms with Gasteiger partial charge in [-0.05, 0) is 46.1 Å². The van der Waals surface area contributed by atoms with Crippen LogP contribution in [0.4, 0.5) is 0 Å². The van der Waals surface area contributed by atoms with Gasteiger partial charge in [0.25, 0.3) is 0 Å². The van der Waals surface area contributed by atoms with Crippen molar-refractivity contribution in [2.75, 3.05) is 19.7 Å². The maximum Gasteiger partial charge on any atom is 0.311 e. The summed E-state index contributed by atoms with van der Waals surface area (Å²) in [4.78, 5) is 11.8. The number of rotatable bonds is 4. The van der Waals surface area contributed by atoms with Crippen LogP contribution in [0.3, 0.4) is 0 Å². The molecule has 0 aromatic heterocycles. The molecule has 0 saturated carbocycles. The molecule has 1 atom stereocenters. The number of carbonyl (C=O) groups excluding carboxylic acids is 1. The summed E-state index contributed by atoms with van der Waals surface area (Å²) < 4.78 is 5.52. The summed E-state index contributed by atoms with van der Waals surface area (Å²) in [7, 11) is 0. The predicted octanol–water partition coefficient (Wildman–Crippen LogP) is 2.60. The van der Waals surface area contributed by atoms with Gasteiger partial charge in [0, 0.05) is 12.0 Å². The lowest BCUT2D eigenvalue weighted by Crippen LogP contribution is -2.34. The molecular formula is C14H27NO2. The molecule has 1 unspecified atom stereocenters. The van der Waals surface area contributed by atoms with Crippen LogP contribution in [0.2, 0.25) is 0 Å². The van der Waals surface area contributed by atoms with Crippen molar-refractivity contribution in [2.24, 2.45) is 16.7 Å². The Kier molecular flexibility index (Phi) is 4.59. The highest BCUT2D eigenvalue weighted by molar-refractivity contribution is 5.75. The van der Waals surface area contributed by atoms with Crippen LogP contribution in [0.15, 0.2) is 0 Å². The normalized spacial score (nSPS) is 25.3. The van der Waals surface area contributed by atoms with E-state index < -0.39 is 5.41 Å². The molecule has 3 nitrogen and oxygen atoms in total. The Bertz CT molecular complexity index is 260. The monoisotopic (exact) mass is 241 g/mol. The molecule has 1 heterocycles. The zero-order chi connectivity index (χ0) is 13.1. The molecule has 1 rings (SSSR count). The number of hydrogen-bond acceptors (Lipinski definition) is 3. The van der Waals surface area contributed by atoms with Crippen molar-refractivity contribution in [2.45, 2.75) is 47.5 Å². The lowest BCUT2D eigenvalue weighted by molar-refractivity contribution is -0.156. The van der Waals surface area contributed by atoms with Crippen molar-refractivity contribution in [1.29, 1.82) is 0 Å². The summed E-state index contributed by atoms with van der Waals surface area (Å²) in [6, 6.07) is 0. The van der Waals surface area contributed by atoms with E-state index in [-0.39, 0.29) is 11.4 Å². The minimum absolute atomic E-state index is 0.0902. The van der Waals surface area contributed by atoms with Crippen molar-refractivity contribution in [3.63, 3.8) is 0 Å². The van der Waals surface area contributed by atoms with E-state index >= 15 is 0 Å². The molecule has 0 spiro atoms. The molecule has 0 aromatic rings. The smallest absolute Gasteiger partial charge is 0.311 e. The van der Waals surface area contributed by atoms with Gasteiger partial charge >= 0.3 is 5.97 Å². The largest absolute Gasteiger partial charge is 0.465 e. The third-order valence-electron chi connectivity index (χ3n) is 3.30. The first kappa shape index (κ1) is 14.5. The van der Waals surface area contributed by atoms with Crippen molar-refractivity contribution < 1.29 is 9.53 Å². The summed E-state index contributed by atoms with van der Waals surface area (Å²) in [6.45, 7) is 12.7. The van der Waals surface area contributed by atoms with E-state index in [0.29, 0.717) is 12.5 Å². The molecule has 3 heteroatoms. The van der Waals surface area contributed by atoms with Crippen molar-refractivity contribution >= 4 is 5.97 Å². The lowest BCUT2D eigenvalue weighted by atomic mass is 9.80. The van der Waals surface area contributed by atoms with E-state index in [2.05, 4.69) is 19.2 Å². The highest BCUT2D eigenvalue weighted by Gasteiger charge is 2.37. The average Bonchev–Trinajstić information content (AvgIpc) is 2.60. The average molecular weight is 241 g/mol. The molecule has 17 heavy (non-hydrogen) atoms. The van der Waals surface area contributed by atoms with Crippen LogP contribution in [0.1, 0.15) is 47.5 Å². The van der Waals surface area contributed by atoms with E-state index in [1.807, 2.05) is 20.8 Å². The summed E-state index contributed by atoms with van der Waals surface area (Å²) in [5, 5.41) is 3.39. The van der Waals surface area contributed by atoms with Gasteiger partial charge in [0.15, 0.2) is 0 Å². The summed E-state index contributed by atoms with van der Waals surface area (Å²) in [5.41, 5.74) is -0.236. The van der Waals surface area contributed by atoms with Gasteiger partial charge in [-0.15, -0.1) is 0 Å². The Morgan fingerprint density at radius 3 is 2.47 bits per heavy atom. The Morgan fingerprint density at radius 1 is 1.41 bits per heavy atom. The van der Waals surface area contributed by atoms with Crippen LogP contribution in [0, 0.1) is 16.7 Å². The molecular weight excluding hydrogens is 214 g/mol. The third-order valence-corrected chi connectivity index (χ3v) is 3.30. The van der Waals surface area contributed by atoms with Crippen molar-refractivity contribution in [3.05, 3.63) is 0 Å². The molecule has 0 aromatic carbocycles. The predicted molar refractivity (Wildman–Crippen MR) is 69.8 cm³/mol. The number of nitrogens with one attached hydrogen (secondary N) is 1. The maximum absolute atomic E-state index is 11.8. The quantitative estimate of drug-likeness (QED) is 0.769. The SMILES string of the molecule is CC(C)CC1(COC(=O)C(C)(C)C)CCNC1. The van der Waals surface area contributed by atoms with Crippen LogP contribution in [-0.2, 0) is 9.53 Å². The van der Waals surface area contributed by atoms with Gasteiger partial charge in [-0.25, -0.2) is 0 Å². The first-order valence-electron chi connectivity index (χ1n) is 6.63. The Labute approximate surface area is 105 Å². The number of hydrogen-bond donors (Lipinski definition) is 1. The van der Waals surface area contributed by atoms with Gasteiger partial charge in [-0.1, -0.05) is 13.8 Å². The summed E-state index contributed by atoms with van der Waals surface area (Å²) in [5.74, 6) is 0.552. The van der Waals surface area contributed by atoms with Gasteiger partial charge in [0.05, 0.1) is 12.0 Å². The zero-order valence-corrected chi connectivity index (χ0v) is 11.9. The highest BCUT2D eigenvalue weighted by Crippen LogP contribution is 2.34. The molecule has 0 bridgehead atoms. The fraction of sp³-hybridized carbons (Fsp3) is 0.929. The first-order valence-corrected chi connectivity index (χ1v) is 6.63. The Morgan fingerprint density at radius 2 is 2.06 bits per heavy atom. The van der Waals surface area contributed by atoms with Gasteiger partial charge in [-0.3, -0.25) is 4.79 Å². The van der Waals surface area contributed by atoms with Gasteiger partial charge in [-0.2, -0.15) is 0 Å². The van der Waals surface area contributed by atoms with Gasteiger partial charge in [0.2, 0.25) is 0 Å². The second kappa shape index (κ2) is 5.38. The van der Waals surface area contributed by atoms with Crippen molar-refractivity contribution in [3.8, 4) is 0 Å². The molecule has 1 saturated heterocycles. The van der Waals surface area contributed by atoms with Gasteiger partial charge in [0.1, 0.15) is 0 Å². The van der Waals surface area contributed by atoms with Crippen molar-refractivity contribution in [1.82, 2.24) is 5.32 Å². The molecule has 0 radical (unpaired) electrons. The lowest BCUT2D eigenvalue weighted by Gasteiger charge is -2.30. The maximum atomic E-state index is 11.8. The molecule has 1 aliphatic heterocycles. The minimum atomic E-state index is -0.398. The topological polar surface area (TPSA) is 38.3 Å². The zero-order valence-electron chi connectivity index (χ0n) is 11.9. The standard InChI is InChI=1S/C14H27NO2/c1-11(2)8-14(6-7-15-9-14)10-17-12(16)13(3,4)5/h11,15H,6-10H2,1-5H3. The summed E-state index contributed by atoms with van der Waals surface area (Å²) in [6.07, 6.45) is 2.24. The fourth-order valence-corrected chi connectivity index (χ4v) is 2.45. The first-order chi connectivity index (χ1) is 7.75. The molecule has 1 aliphatic rings. The van der Waals surface area contributed by atoms with E-state index in [1.165, 1.54) is 0 Å². The second-order valence-corrected chi connectivity index (χ2v) is 6.85. The Hall–Kier alpha value is -0.570. The highest BCUT2D eigenvalue weighted by atomic mass is 16.5. The molecule has 1 N–H and O–H groups in total. The third kappa shape index (κ3) is 4.30.